The second kappa shape index (κ2) is 7.79. The van der Waals surface area contributed by atoms with Gasteiger partial charge < -0.3 is 4.55 Å². The molecule has 7 nitrogen and oxygen atoms in total. The molecule has 0 amide bonds. The van der Waals surface area contributed by atoms with Gasteiger partial charge >= 0.3 is 0 Å². The van der Waals surface area contributed by atoms with Crippen LogP contribution in [0.2, 0.25) is 0 Å². The minimum atomic E-state index is -0.286. The van der Waals surface area contributed by atoms with Crippen LogP contribution in [-0.4, -0.2) is 34.1 Å². The summed E-state index contributed by atoms with van der Waals surface area (Å²) in [6, 6.07) is 11.6. The Labute approximate surface area is 184 Å². The molecule has 0 radical (unpaired) electrons. The molecule has 4 aromatic rings. The van der Waals surface area contributed by atoms with Crippen LogP contribution in [0.25, 0.3) is 17.7 Å². The lowest BCUT2D eigenvalue weighted by Crippen LogP contribution is -2.29. The molecular weight excluding hydrogens is 408 g/mol. The smallest absolute Gasteiger partial charge is 0.250 e. The first-order chi connectivity index (χ1) is 15.1. The number of fused-ring (bicyclic) bond motifs is 1. The quantitative estimate of drug-likeness (QED) is 0.470. The molecule has 1 unspecified atom stereocenters. The van der Waals surface area contributed by atoms with Crippen molar-refractivity contribution >= 4 is 18.1 Å². The molecule has 1 N–H and O–H groups in total. The monoisotopic (exact) mass is 430 g/mol. The first-order valence-electron chi connectivity index (χ1n) is 10.2. The van der Waals surface area contributed by atoms with E-state index < -0.39 is 0 Å². The van der Waals surface area contributed by atoms with Crippen LogP contribution in [0.4, 0.5) is 0 Å². The highest BCUT2D eigenvalue weighted by molar-refractivity contribution is 7.93. The van der Waals surface area contributed by atoms with Crippen LogP contribution in [0, 0.1) is 0 Å². The highest BCUT2D eigenvalue weighted by atomic mass is 32.2. The molecule has 0 aliphatic heterocycles. The SMILES string of the molecule is CCc1nn(-c2ncccn2)c2c1C=CC(C)(c1ccnn1-c1ccc(SO)cc1)C2. The standard InChI is InChI=1S/C23H22N6OS/c1-3-19-18-9-11-23(2,15-20(18)29(27-19)22-24-12-4-13-25-22)21-10-14-26-28(21)16-5-7-17(31-30)8-6-16/h4-14,30H,3,15H2,1-2H3. The van der Waals surface area contributed by atoms with Crippen molar-refractivity contribution in [2.45, 2.75) is 37.0 Å². The van der Waals surface area contributed by atoms with Crippen molar-refractivity contribution in [3.8, 4) is 11.6 Å². The Morgan fingerprint density at radius 2 is 1.84 bits per heavy atom. The summed E-state index contributed by atoms with van der Waals surface area (Å²) in [4.78, 5) is 9.64. The van der Waals surface area contributed by atoms with Crippen LogP contribution >= 0.6 is 12.0 Å². The van der Waals surface area contributed by atoms with Crippen LogP contribution < -0.4 is 0 Å². The van der Waals surface area contributed by atoms with Gasteiger partial charge in [-0.3, -0.25) is 0 Å². The largest absolute Gasteiger partial charge is 0.325 e. The predicted octanol–water partition coefficient (Wildman–Crippen LogP) is 4.50. The van der Waals surface area contributed by atoms with E-state index in [0.29, 0.717) is 5.95 Å². The number of hydrogen-bond donors (Lipinski definition) is 1. The molecule has 0 fully saturated rings. The molecule has 1 aromatic carbocycles. The van der Waals surface area contributed by atoms with E-state index in [-0.39, 0.29) is 5.41 Å². The molecule has 1 aliphatic carbocycles. The summed E-state index contributed by atoms with van der Waals surface area (Å²) in [5, 5.41) is 9.41. The fourth-order valence-electron chi connectivity index (χ4n) is 4.14. The second-order valence-corrected chi connectivity index (χ2v) is 8.42. The minimum absolute atomic E-state index is 0.286. The Hall–Kier alpha value is -3.23. The zero-order chi connectivity index (χ0) is 21.4. The summed E-state index contributed by atoms with van der Waals surface area (Å²) in [5.74, 6) is 0.585. The first-order valence-corrected chi connectivity index (χ1v) is 10.9. The zero-order valence-electron chi connectivity index (χ0n) is 17.3. The van der Waals surface area contributed by atoms with Crippen LogP contribution in [0.1, 0.15) is 36.5 Å². The van der Waals surface area contributed by atoms with E-state index in [0.717, 1.165) is 58.1 Å². The highest BCUT2D eigenvalue weighted by Crippen LogP contribution is 2.38. The summed E-state index contributed by atoms with van der Waals surface area (Å²) < 4.78 is 13.1. The molecule has 3 heterocycles. The fraction of sp³-hybridized carbons (Fsp3) is 0.217. The molecule has 1 aliphatic rings. The minimum Gasteiger partial charge on any atom is -0.325 e. The van der Waals surface area contributed by atoms with Crippen molar-refractivity contribution in [2.75, 3.05) is 0 Å². The van der Waals surface area contributed by atoms with Crippen molar-refractivity contribution in [1.82, 2.24) is 29.5 Å². The van der Waals surface area contributed by atoms with E-state index in [1.165, 1.54) is 0 Å². The number of benzene rings is 1. The molecule has 3 aromatic heterocycles. The van der Waals surface area contributed by atoms with Gasteiger partial charge in [-0.2, -0.15) is 10.2 Å². The van der Waals surface area contributed by atoms with Gasteiger partial charge in [0.25, 0.3) is 5.95 Å². The second-order valence-electron chi connectivity index (χ2n) is 7.76. The van der Waals surface area contributed by atoms with Crippen molar-refractivity contribution in [3.05, 3.63) is 83.7 Å². The van der Waals surface area contributed by atoms with E-state index in [1.54, 1.807) is 12.4 Å². The Morgan fingerprint density at radius 3 is 2.55 bits per heavy atom. The van der Waals surface area contributed by atoms with Gasteiger partial charge in [0.15, 0.2) is 0 Å². The van der Waals surface area contributed by atoms with Gasteiger partial charge in [-0.25, -0.2) is 19.3 Å². The molecule has 0 saturated heterocycles. The average Bonchev–Trinajstić information content (AvgIpc) is 3.45. The Kier molecular flexibility index (Phi) is 4.95. The highest BCUT2D eigenvalue weighted by Gasteiger charge is 2.35. The maximum absolute atomic E-state index is 9.26. The van der Waals surface area contributed by atoms with Crippen molar-refractivity contribution in [3.63, 3.8) is 0 Å². The topological polar surface area (TPSA) is 81.7 Å². The maximum Gasteiger partial charge on any atom is 0.250 e. The number of allylic oxidation sites excluding steroid dienone is 1. The number of rotatable bonds is 5. The number of aryl methyl sites for hydroxylation is 1. The van der Waals surface area contributed by atoms with Gasteiger partial charge in [0, 0.05) is 52.9 Å². The average molecular weight is 431 g/mol. The molecule has 0 saturated carbocycles. The number of aromatic nitrogens is 6. The van der Waals surface area contributed by atoms with E-state index in [1.807, 2.05) is 45.9 Å². The predicted molar refractivity (Wildman–Crippen MR) is 121 cm³/mol. The van der Waals surface area contributed by atoms with Gasteiger partial charge in [-0.15, -0.1) is 0 Å². The molecule has 156 valence electrons. The lowest BCUT2D eigenvalue weighted by molar-refractivity contribution is 0.526. The van der Waals surface area contributed by atoms with Gasteiger partial charge in [-0.1, -0.05) is 26.0 Å². The lowest BCUT2D eigenvalue weighted by Gasteiger charge is -2.30. The summed E-state index contributed by atoms with van der Waals surface area (Å²) in [7, 11) is 0. The van der Waals surface area contributed by atoms with Crippen molar-refractivity contribution < 1.29 is 4.55 Å². The molecule has 0 spiro atoms. The van der Waals surface area contributed by atoms with E-state index in [4.69, 9.17) is 5.10 Å². The third-order valence-corrected chi connectivity index (χ3v) is 6.22. The van der Waals surface area contributed by atoms with E-state index in [9.17, 15) is 4.55 Å². The van der Waals surface area contributed by atoms with Crippen LogP contribution in [0.15, 0.2) is 66.0 Å². The van der Waals surface area contributed by atoms with Gasteiger partial charge in [0.2, 0.25) is 0 Å². The Balaban J connectivity index is 1.58. The third kappa shape index (κ3) is 3.37. The lowest BCUT2D eigenvalue weighted by atomic mass is 9.77. The molecule has 31 heavy (non-hydrogen) atoms. The van der Waals surface area contributed by atoms with E-state index in [2.05, 4.69) is 47.1 Å². The van der Waals surface area contributed by atoms with Crippen LogP contribution in [0.3, 0.4) is 0 Å². The Morgan fingerprint density at radius 1 is 1.06 bits per heavy atom. The van der Waals surface area contributed by atoms with Gasteiger partial charge in [0.1, 0.15) is 0 Å². The summed E-state index contributed by atoms with van der Waals surface area (Å²) in [6.07, 6.45) is 11.3. The summed E-state index contributed by atoms with van der Waals surface area (Å²) in [5.41, 5.74) is 5.05. The Bertz CT molecular complexity index is 1250. The van der Waals surface area contributed by atoms with Gasteiger partial charge in [-0.05, 0) is 42.8 Å². The molecule has 8 heteroatoms. The maximum atomic E-state index is 9.26. The van der Waals surface area contributed by atoms with Gasteiger partial charge in [0.05, 0.1) is 22.8 Å². The fourth-order valence-corrected chi connectivity index (χ4v) is 4.40. The van der Waals surface area contributed by atoms with Crippen molar-refractivity contribution in [2.24, 2.45) is 0 Å². The summed E-state index contributed by atoms with van der Waals surface area (Å²) in [6.45, 7) is 4.33. The van der Waals surface area contributed by atoms with Crippen molar-refractivity contribution in [1.29, 1.82) is 0 Å². The normalized spacial score (nSPS) is 17.6. The number of hydrogen-bond acceptors (Lipinski definition) is 6. The van der Waals surface area contributed by atoms with E-state index >= 15 is 0 Å². The molecule has 0 bridgehead atoms. The molecule has 1 atom stereocenters. The number of nitrogens with zero attached hydrogens (tertiary/aromatic N) is 6. The zero-order valence-corrected chi connectivity index (χ0v) is 18.1. The third-order valence-electron chi connectivity index (χ3n) is 5.74. The first kappa shape index (κ1) is 19.7. The summed E-state index contributed by atoms with van der Waals surface area (Å²) >= 11 is 0.740. The molecular formula is C23H22N6OS. The van der Waals surface area contributed by atoms with Crippen LogP contribution in [-0.2, 0) is 18.3 Å². The molecule has 5 rings (SSSR count). The van der Waals surface area contributed by atoms with Crippen LogP contribution in [0.5, 0.6) is 0 Å².